The van der Waals surface area contributed by atoms with E-state index in [0.717, 1.165) is 18.4 Å². The van der Waals surface area contributed by atoms with Crippen molar-refractivity contribution in [1.82, 2.24) is 0 Å². The number of nitro groups is 1. The van der Waals surface area contributed by atoms with Gasteiger partial charge in [0, 0.05) is 24.8 Å². The Hall–Kier alpha value is -2.91. The van der Waals surface area contributed by atoms with Crippen molar-refractivity contribution in [2.45, 2.75) is 25.0 Å². The monoisotopic (exact) mass is 323 g/mol. The summed E-state index contributed by atoms with van der Waals surface area (Å²) in [5, 5.41) is 23.4. The largest absolute Gasteiger partial charge is 0.381 e. The first-order valence-electron chi connectivity index (χ1n) is 7.79. The van der Waals surface area contributed by atoms with Crippen molar-refractivity contribution in [3.8, 4) is 6.07 Å². The van der Waals surface area contributed by atoms with Gasteiger partial charge in [0.2, 0.25) is 0 Å². The third kappa shape index (κ3) is 3.53. The molecule has 1 saturated heterocycles. The van der Waals surface area contributed by atoms with Crippen LogP contribution < -0.4 is 5.32 Å². The molecule has 0 aromatic heterocycles. The summed E-state index contributed by atoms with van der Waals surface area (Å²) in [5.74, 6) is 0. The quantitative estimate of drug-likeness (QED) is 0.683. The van der Waals surface area contributed by atoms with Crippen molar-refractivity contribution in [2.75, 3.05) is 11.9 Å². The van der Waals surface area contributed by atoms with Gasteiger partial charge in [-0.3, -0.25) is 10.1 Å². The van der Waals surface area contributed by atoms with Gasteiger partial charge < -0.3 is 10.1 Å². The SMILES string of the molecule is N#Cc1cc([N+](=O)[O-])ccc1N[C@@H]1CCO[C@H](c2ccccc2)C1. The van der Waals surface area contributed by atoms with Gasteiger partial charge in [-0.25, -0.2) is 0 Å². The number of hydrogen-bond acceptors (Lipinski definition) is 5. The third-order valence-corrected chi connectivity index (χ3v) is 4.15. The number of ether oxygens (including phenoxy) is 1. The smallest absolute Gasteiger partial charge is 0.270 e. The van der Waals surface area contributed by atoms with Gasteiger partial charge in [-0.15, -0.1) is 0 Å². The van der Waals surface area contributed by atoms with Crippen LogP contribution in [0.4, 0.5) is 11.4 Å². The number of nitrogens with one attached hydrogen (secondary N) is 1. The highest BCUT2D eigenvalue weighted by Gasteiger charge is 2.24. The second-order valence-electron chi connectivity index (χ2n) is 5.73. The average Bonchev–Trinajstić information content (AvgIpc) is 2.63. The van der Waals surface area contributed by atoms with E-state index < -0.39 is 4.92 Å². The molecule has 1 aliphatic heterocycles. The minimum Gasteiger partial charge on any atom is -0.381 e. The summed E-state index contributed by atoms with van der Waals surface area (Å²) in [7, 11) is 0. The molecular formula is C18H17N3O3. The van der Waals surface area contributed by atoms with Crippen LogP contribution in [0.5, 0.6) is 0 Å². The van der Waals surface area contributed by atoms with E-state index in [9.17, 15) is 15.4 Å². The number of anilines is 1. The Morgan fingerprint density at radius 3 is 2.75 bits per heavy atom. The molecule has 1 N–H and O–H groups in total. The molecule has 0 spiro atoms. The van der Waals surface area contributed by atoms with E-state index in [1.165, 1.54) is 12.1 Å². The van der Waals surface area contributed by atoms with Gasteiger partial charge in [-0.05, 0) is 24.5 Å². The molecule has 0 unspecified atom stereocenters. The van der Waals surface area contributed by atoms with Gasteiger partial charge in [0.1, 0.15) is 6.07 Å². The molecule has 0 radical (unpaired) electrons. The molecule has 0 amide bonds. The molecule has 122 valence electrons. The van der Waals surface area contributed by atoms with Gasteiger partial charge in [0.25, 0.3) is 5.69 Å². The average molecular weight is 323 g/mol. The summed E-state index contributed by atoms with van der Waals surface area (Å²) in [6.45, 7) is 0.631. The Morgan fingerprint density at radius 2 is 2.04 bits per heavy atom. The second-order valence-corrected chi connectivity index (χ2v) is 5.73. The lowest BCUT2D eigenvalue weighted by Crippen LogP contribution is -2.30. The number of rotatable bonds is 4. The molecule has 3 rings (SSSR count). The van der Waals surface area contributed by atoms with Crippen molar-refractivity contribution < 1.29 is 9.66 Å². The second kappa shape index (κ2) is 7.11. The van der Waals surface area contributed by atoms with Gasteiger partial charge in [-0.1, -0.05) is 30.3 Å². The van der Waals surface area contributed by atoms with Crippen molar-refractivity contribution in [2.24, 2.45) is 0 Å². The number of hydrogen-bond donors (Lipinski definition) is 1. The van der Waals surface area contributed by atoms with Crippen LogP contribution in [0, 0.1) is 21.4 Å². The molecule has 2 aromatic carbocycles. The summed E-state index contributed by atoms with van der Waals surface area (Å²) in [6.07, 6.45) is 1.62. The number of nitro benzene ring substituents is 1. The molecule has 6 heteroatoms. The molecular weight excluding hydrogens is 306 g/mol. The fourth-order valence-corrected chi connectivity index (χ4v) is 2.91. The van der Waals surface area contributed by atoms with Gasteiger partial charge >= 0.3 is 0 Å². The highest BCUT2D eigenvalue weighted by molar-refractivity contribution is 5.61. The lowest BCUT2D eigenvalue weighted by molar-refractivity contribution is -0.384. The molecule has 2 atom stereocenters. The Bertz CT molecular complexity index is 771. The van der Waals surface area contributed by atoms with E-state index in [0.29, 0.717) is 12.3 Å². The minimum absolute atomic E-state index is 0.0148. The standard InChI is InChI=1S/C18H17N3O3/c19-12-14-10-16(21(22)23)6-7-17(14)20-15-8-9-24-18(11-15)13-4-2-1-3-5-13/h1-7,10,15,18,20H,8-9,11H2/t15-,18+/m1/s1. The van der Waals surface area contributed by atoms with E-state index in [-0.39, 0.29) is 23.4 Å². The van der Waals surface area contributed by atoms with Crippen LogP contribution in [0.2, 0.25) is 0 Å². The van der Waals surface area contributed by atoms with Crippen molar-refractivity contribution in [1.29, 1.82) is 5.26 Å². The van der Waals surface area contributed by atoms with Crippen LogP contribution in [-0.4, -0.2) is 17.6 Å². The normalized spacial score (nSPS) is 20.1. The Kier molecular flexibility index (Phi) is 4.73. The number of nitriles is 1. The van der Waals surface area contributed by atoms with Crippen LogP contribution in [0.25, 0.3) is 0 Å². The van der Waals surface area contributed by atoms with E-state index >= 15 is 0 Å². The maximum absolute atomic E-state index is 10.8. The first kappa shape index (κ1) is 16.0. The van der Waals surface area contributed by atoms with Crippen molar-refractivity contribution >= 4 is 11.4 Å². The fourth-order valence-electron chi connectivity index (χ4n) is 2.91. The van der Waals surface area contributed by atoms with E-state index in [1.807, 2.05) is 36.4 Å². The van der Waals surface area contributed by atoms with Gasteiger partial charge in [0.05, 0.1) is 22.3 Å². The third-order valence-electron chi connectivity index (χ3n) is 4.15. The van der Waals surface area contributed by atoms with Crippen LogP contribution in [0.1, 0.15) is 30.1 Å². The molecule has 1 aliphatic rings. The fraction of sp³-hybridized carbons (Fsp3) is 0.278. The van der Waals surface area contributed by atoms with Crippen LogP contribution in [0.15, 0.2) is 48.5 Å². The number of non-ortho nitro benzene ring substituents is 1. The topological polar surface area (TPSA) is 88.2 Å². The van der Waals surface area contributed by atoms with E-state index in [2.05, 4.69) is 5.32 Å². The van der Waals surface area contributed by atoms with E-state index in [4.69, 9.17) is 4.74 Å². The first-order valence-corrected chi connectivity index (χ1v) is 7.79. The summed E-state index contributed by atoms with van der Waals surface area (Å²) in [6, 6.07) is 16.5. The predicted molar refractivity (Wildman–Crippen MR) is 89.6 cm³/mol. The number of nitrogens with zero attached hydrogens (tertiary/aromatic N) is 2. The maximum Gasteiger partial charge on any atom is 0.270 e. The van der Waals surface area contributed by atoms with E-state index in [1.54, 1.807) is 6.07 Å². The van der Waals surface area contributed by atoms with Gasteiger partial charge in [0.15, 0.2) is 0 Å². The molecule has 1 heterocycles. The van der Waals surface area contributed by atoms with Gasteiger partial charge in [-0.2, -0.15) is 5.26 Å². The zero-order chi connectivity index (χ0) is 16.9. The summed E-state index contributed by atoms with van der Waals surface area (Å²) >= 11 is 0. The number of benzene rings is 2. The molecule has 6 nitrogen and oxygen atoms in total. The molecule has 0 bridgehead atoms. The van der Waals surface area contributed by atoms with Crippen molar-refractivity contribution in [3.63, 3.8) is 0 Å². The highest BCUT2D eigenvalue weighted by atomic mass is 16.6. The first-order chi connectivity index (χ1) is 11.7. The lowest BCUT2D eigenvalue weighted by Gasteiger charge is -2.31. The van der Waals surface area contributed by atoms with Crippen LogP contribution in [0.3, 0.4) is 0 Å². The molecule has 0 saturated carbocycles. The lowest BCUT2D eigenvalue weighted by atomic mass is 9.97. The Labute approximate surface area is 139 Å². The molecule has 1 fully saturated rings. The molecule has 24 heavy (non-hydrogen) atoms. The summed E-state index contributed by atoms with van der Waals surface area (Å²) < 4.78 is 5.84. The maximum atomic E-state index is 10.8. The van der Waals surface area contributed by atoms with Crippen LogP contribution in [-0.2, 0) is 4.74 Å². The zero-order valence-electron chi connectivity index (χ0n) is 13.0. The molecule has 0 aliphatic carbocycles. The Morgan fingerprint density at radius 1 is 1.25 bits per heavy atom. The zero-order valence-corrected chi connectivity index (χ0v) is 13.0. The summed E-state index contributed by atoms with van der Waals surface area (Å²) in [5.41, 5.74) is 1.97. The highest BCUT2D eigenvalue weighted by Crippen LogP contribution is 2.31. The minimum atomic E-state index is -0.496. The Balaban J connectivity index is 1.74. The van der Waals surface area contributed by atoms with Crippen molar-refractivity contribution in [3.05, 3.63) is 69.8 Å². The summed E-state index contributed by atoms with van der Waals surface area (Å²) in [4.78, 5) is 10.3. The predicted octanol–water partition coefficient (Wildman–Crippen LogP) is 3.80. The molecule has 2 aromatic rings. The van der Waals surface area contributed by atoms with Crippen LogP contribution >= 0.6 is 0 Å².